The van der Waals surface area contributed by atoms with Gasteiger partial charge in [-0.25, -0.2) is 0 Å². The second kappa shape index (κ2) is 5.47. The van der Waals surface area contributed by atoms with Crippen LogP contribution < -0.4 is 0 Å². The lowest BCUT2D eigenvalue weighted by molar-refractivity contribution is -0.172. The fourth-order valence-corrected chi connectivity index (χ4v) is 4.50. The van der Waals surface area contributed by atoms with E-state index in [4.69, 9.17) is 9.47 Å². The number of fused-ring (bicyclic) bond motifs is 1. The summed E-state index contributed by atoms with van der Waals surface area (Å²) in [6.45, 7) is 10.8. The average molecular weight is 303 g/mol. The molecular weight excluding hydrogens is 278 g/mol. The largest absolute Gasteiger partial charge is 0.352 e. The van der Waals surface area contributed by atoms with Crippen LogP contribution in [0.2, 0.25) is 0 Å². The summed E-state index contributed by atoms with van der Waals surface area (Å²) in [5, 5.41) is 9.53. The maximum Gasteiger partial charge on any atom is 0.160 e. The van der Waals surface area contributed by atoms with Crippen molar-refractivity contribution in [1.29, 1.82) is 5.26 Å². The lowest BCUT2D eigenvalue weighted by atomic mass is 9.56. The summed E-state index contributed by atoms with van der Waals surface area (Å²) in [5.41, 5.74) is 0.335. The van der Waals surface area contributed by atoms with Gasteiger partial charge in [0.2, 0.25) is 0 Å². The molecule has 0 radical (unpaired) electrons. The van der Waals surface area contributed by atoms with Crippen molar-refractivity contribution in [2.75, 3.05) is 6.61 Å². The van der Waals surface area contributed by atoms with Gasteiger partial charge in [-0.05, 0) is 39.0 Å². The number of carbonyl (C=O) groups is 1. The molecule has 0 spiro atoms. The van der Waals surface area contributed by atoms with Crippen molar-refractivity contribution in [1.82, 2.24) is 0 Å². The smallest absolute Gasteiger partial charge is 0.160 e. The van der Waals surface area contributed by atoms with Gasteiger partial charge in [0.05, 0.1) is 24.2 Å². The molecule has 2 aliphatic heterocycles. The van der Waals surface area contributed by atoms with Gasteiger partial charge < -0.3 is 9.47 Å². The third-order valence-corrected chi connectivity index (χ3v) is 6.26. The van der Waals surface area contributed by atoms with Crippen LogP contribution in [0.25, 0.3) is 0 Å². The molecule has 1 saturated carbocycles. The minimum Gasteiger partial charge on any atom is -0.352 e. The van der Waals surface area contributed by atoms with E-state index >= 15 is 0 Å². The fraction of sp³-hybridized carbons (Fsp3) is 0.778. The van der Waals surface area contributed by atoms with Crippen LogP contribution in [0.5, 0.6) is 0 Å². The maximum atomic E-state index is 13.1. The molecule has 0 N–H and O–H groups in total. The molecule has 2 saturated heterocycles. The van der Waals surface area contributed by atoms with E-state index in [1.165, 1.54) is 0 Å². The van der Waals surface area contributed by atoms with Crippen molar-refractivity contribution in [3.8, 4) is 6.07 Å². The molecule has 3 aliphatic rings. The molecule has 3 fully saturated rings. The highest BCUT2D eigenvalue weighted by Gasteiger charge is 2.58. The predicted molar refractivity (Wildman–Crippen MR) is 81.6 cm³/mol. The van der Waals surface area contributed by atoms with Crippen LogP contribution in [0.3, 0.4) is 0 Å². The number of nitrogens with zero attached hydrogens (tertiary/aromatic N) is 1. The molecule has 4 heteroatoms. The molecular formula is C18H25NO3. The van der Waals surface area contributed by atoms with Crippen LogP contribution in [0, 0.1) is 40.4 Å². The lowest BCUT2D eigenvalue weighted by Crippen LogP contribution is -2.53. The van der Waals surface area contributed by atoms with E-state index in [2.05, 4.69) is 19.6 Å². The molecule has 0 aromatic carbocycles. The van der Waals surface area contributed by atoms with Gasteiger partial charge in [0.15, 0.2) is 12.1 Å². The number of hydrogen-bond acceptors (Lipinski definition) is 4. The first-order valence-electron chi connectivity index (χ1n) is 8.26. The van der Waals surface area contributed by atoms with E-state index in [9.17, 15) is 10.1 Å². The van der Waals surface area contributed by atoms with Crippen molar-refractivity contribution in [3.05, 3.63) is 12.2 Å². The molecule has 0 unspecified atom stereocenters. The number of Topliss-reactive ketones (excluding diaryl/α,β-unsaturated/α-hetero) is 1. The molecule has 0 amide bonds. The standard InChI is InChI=1S/C18H25NO3/c1-10(2)13-7-11(3)18(4,16(20)14(13)9-19)15-8-12-5-6-21-17(12)22-15/h11-15,17H,1,5-8H2,2-4H3/t11-,12+,13+,14+,15-,17-,18-/m1/s1. The Morgan fingerprint density at radius 3 is 2.77 bits per heavy atom. The topological polar surface area (TPSA) is 59.3 Å². The molecule has 4 nitrogen and oxygen atoms in total. The number of ether oxygens (including phenoxy) is 2. The van der Waals surface area contributed by atoms with Gasteiger partial charge >= 0.3 is 0 Å². The summed E-state index contributed by atoms with van der Waals surface area (Å²) in [4.78, 5) is 13.1. The number of nitriles is 1. The van der Waals surface area contributed by atoms with Gasteiger partial charge in [-0.2, -0.15) is 5.26 Å². The molecule has 0 bridgehead atoms. The van der Waals surface area contributed by atoms with Gasteiger partial charge in [0.1, 0.15) is 5.92 Å². The Morgan fingerprint density at radius 2 is 2.18 bits per heavy atom. The van der Waals surface area contributed by atoms with E-state index in [-0.39, 0.29) is 30.0 Å². The van der Waals surface area contributed by atoms with E-state index < -0.39 is 11.3 Å². The fourth-order valence-electron chi connectivity index (χ4n) is 4.50. The first-order valence-corrected chi connectivity index (χ1v) is 8.26. The molecule has 0 aromatic heterocycles. The number of ketones is 1. The van der Waals surface area contributed by atoms with Crippen molar-refractivity contribution >= 4 is 5.78 Å². The Morgan fingerprint density at radius 1 is 1.45 bits per heavy atom. The zero-order chi connectivity index (χ0) is 16.1. The van der Waals surface area contributed by atoms with Gasteiger partial charge in [-0.3, -0.25) is 4.79 Å². The Bertz CT molecular complexity index is 525. The predicted octanol–water partition coefficient (Wildman–Crippen LogP) is 3.09. The zero-order valence-electron chi connectivity index (χ0n) is 13.7. The quantitative estimate of drug-likeness (QED) is 0.736. The Kier molecular flexibility index (Phi) is 3.91. The second-order valence-electron chi connectivity index (χ2n) is 7.49. The summed E-state index contributed by atoms with van der Waals surface area (Å²) >= 11 is 0. The zero-order valence-corrected chi connectivity index (χ0v) is 13.7. The van der Waals surface area contributed by atoms with Gasteiger partial charge in [-0.15, -0.1) is 0 Å². The van der Waals surface area contributed by atoms with E-state index in [1.54, 1.807) is 0 Å². The van der Waals surface area contributed by atoms with Gasteiger partial charge in [-0.1, -0.05) is 19.1 Å². The minimum absolute atomic E-state index is 0.0299. The third-order valence-electron chi connectivity index (χ3n) is 6.26. The van der Waals surface area contributed by atoms with Crippen LogP contribution in [-0.4, -0.2) is 24.8 Å². The first kappa shape index (κ1) is 15.7. The summed E-state index contributed by atoms with van der Waals surface area (Å²) in [7, 11) is 0. The van der Waals surface area contributed by atoms with Crippen LogP contribution in [-0.2, 0) is 14.3 Å². The second-order valence-corrected chi connectivity index (χ2v) is 7.49. The number of carbonyl (C=O) groups excluding carboxylic acids is 1. The van der Waals surface area contributed by atoms with E-state index in [0.29, 0.717) is 5.92 Å². The van der Waals surface area contributed by atoms with Crippen molar-refractivity contribution in [2.45, 2.75) is 52.4 Å². The highest BCUT2D eigenvalue weighted by atomic mass is 16.7. The lowest BCUT2D eigenvalue weighted by Gasteiger charge is -2.47. The summed E-state index contributed by atoms with van der Waals surface area (Å²) < 4.78 is 11.7. The van der Waals surface area contributed by atoms with Crippen molar-refractivity contribution in [3.63, 3.8) is 0 Å². The average Bonchev–Trinajstić information content (AvgIpc) is 3.05. The Balaban J connectivity index is 1.88. The first-order chi connectivity index (χ1) is 10.4. The third kappa shape index (κ3) is 2.14. The molecule has 22 heavy (non-hydrogen) atoms. The molecule has 3 rings (SSSR count). The molecule has 120 valence electrons. The highest BCUT2D eigenvalue weighted by Crippen LogP contribution is 2.52. The Labute approximate surface area is 132 Å². The van der Waals surface area contributed by atoms with Gasteiger partial charge in [0, 0.05) is 11.8 Å². The minimum atomic E-state index is -0.597. The number of allylic oxidation sites excluding steroid dienone is 1. The number of hydrogen-bond donors (Lipinski definition) is 0. The normalized spacial score (nSPS) is 48.0. The van der Waals surface area contributed by atoms with E-state index in [0.717, 1.165) is 31.4 Å². The SMILES string of the molecule is C=C(C)[C@@H]1C[C@@H](C)[C@](C)([C@H]2C[C@@H]3CCO[C@@H]3O2)C(=O)[C@H]1C#N. The highest BCUT2D eigenvalue weighted by molar-refractivity contribution is 5.91. The maximum absolute atomic E-state index is 13.1. The van der Waals surface area contributed by atoms with Crippen molar-refractivity contribution < 1.29 is 14.3 Å². The summed E-state index contributed by atoms with van der Waals surface area (Å²) in [6, 6.07) is 2.24. The molecule has 2 heterocycles. The van der Waals surface area contributed by atoms with Crippen molar-refractivity contribution in [2.24, 2.45) is 29.1 Å². The van der Waals surface area contributed by atoms with Crippen LogP contribution >= 0.6 is 0 Å². The van der Waals surface area contributed by atoms with Crippen LogP contribution in [0.1, 0.15) is 40.0 Å². The Hall–Kier alpha value is -1.18. The van der Waals surface area contributed by atoms with E-state index in [1.807, 2.05) is 13.8 Å². The monoisotopic (exact) mass is 303 g/mol. The number of rotatable bonds is 2. The summed E-state index contributed by atoms with van der Waals surface area (Å²) in [6.07, 6.45) is 2.42. The molecule has 1 aliphatic carbocycles. The summed E-state index contributed by atoms with van der Waals surface area (Å²) in [5.74, 6) is -0.00976. The van der Waals surface area contributed by atoms with Gasteiger partial charge in [0.25, 0.3) is 0 Å². The molecule has 7 atom stereocenters. The van der Waals surface area contributed by atoms with Crippen LogP contribution in [0.4, 0.5) is 0 Å². The molecule has 0 aromatic rings. The van der Waals surface area contributed by atoms with Crippen LogP contribution in [0.15, 0.2) is 12.2 Å².